The van der Waals surface area contributed by atoms with Gasteiger partial charge in [-0.05, 0) is 112 Å². The summed E-state index contributed by atoms with van der Waals surface area (Å²) in [6.45, 7) is 14.3. The van der Waals surface area contributed by atoms with Crippen molar-refractivity contribution < 1.29 is 28.7 Å². The number of aryl methyl sites for hydroxylation is 4. The molecule has 0 fully saturated rings. The molecule has 0 aliphatic carbocycles. The third-order valence-electron chi connectivity index (χ3n) is 7.33. The molecule has 0 heterocycles. The molecule has 38 heavy (non-hydrogen) atoms. The molecule has 0 saturated carbocycles. The summed E-state index contributed by atoms with van der Waals surface area (Å²) in [5, 5.41) is 0. The Labute approximate surface area is 224 Å². The standard InChI is InChI=1S/C32H34O6/c1-17-13-18(2)22(6)29(21(17)5)27(33)15-37-31(35)25-11-9-10-12-26(25)32(36)38-16-28(34)30-23(7)19(3)14-20(4)24(30)8/h9-14H,15-16H2,1-8H3. The second-order valence-electron chi connectivity index (χ2n) is 9.81. The van der Waals surface area contributed by atoms with Crippen molar-refractivity contribution in [2.75, 3.05) is 13.2 Å². The van der Waals surface area contributed by atoms with Crippen LogP contribution in [0.2, 0.25) is 0 Å². The van der Waals surface area contributed by atoms with Crippen LogP contribution in [0.15, 0.2) is 36.4 Å². The second-order valence-corrected chi connectivity index (χ2v) is 9.81. The number of ketones is 2. The lowest BCUT2D eigenvalue weighted by Crippen LogP contribution is -2.21. The number of carbonyl (C=O) groups excluding carboxylic acids is 4. The molecule has 3 aromatic rings. The monoisotopic (exact) mass is 514 g/mol. The number of carbonyl (C=O) groups is 4. The second kappa shape index (κ2) is 11.5. The number of rotatable bonds is 8. The number of ether oxygens (including phenoxy) is 2. The molecule has 0 aliphatic heterocycles. The molecular weight excluding hydrogens is 480 g/mol. The van der Waals surface area contributed by atoms with Gasteiger partial charge in [0.05, 0.1) is 11.1 Å². The van der Waals surface area contributed by atoms with Gasteiger partial charge in [-0.1, -0.05) is 24.3 Å². The summed E-state index contributed by atoms with van der Waals surface area (Å²) in [5.41, 5.74) is 8.32. The van der Waals surface area contributed by atoms with E-state index < -0.39 is 25.2 Å². The normalized spacial score (nSPS) is 10.7. The van der Waals surface area contributed by atoms with E-state index in [1.54, 1.807) is 12.1 Å². The largest absolute Gasteiger partial charge is 0.454 e. The van der Waals surface area contributed by atoms with Crippen LogP contribution in [-0.2, 0) is 9.47 Å². The predicted octanol–water partition coefficient (Wildman–Crippen LogP) is 6.23. The summed E-state index contributed by atoms with van der Waals surface area (Å²) in [7, 11) is 0. The predicted molar refractivity (Wildman–Crippen MR) is 146 cm³/mol. The van der Waals surface area contributed by atoms with Crippen molar-refractivity contribution in [3.63, 3.8) is 0 Å². The van der Waals surface area contributed by atoms with Gasteiger partial charge in [-0.25, -0.2) is 9.59 Å². The molecule has 3 aromatic carbocycles. The van der Waals surface area contributed by atoms with Crippen LogP contribution in [0.3, 0.4) is 0 Å². The fourth-order valence-corrected chi connectivity index (χ4v) is 4.67. The molecule has 6 heteroatoms. The molecule has 0 atom stereocenters. The van der Waals surface area contributed by atoms with E-state index in [9.17, 15) is 19.2 Å². The maximum Gasteiger partial charge on any atom is 0.339 e. The Morgan fingerprint density at radius 2 is 0.816 bits per heavy atom. The van der Waals surface area contributed by atoms with E-state index in [1.165, 1.54) is 12.1 Å². The molecule has 3 rings (SSSR count). The zero-order chi connectivity index (χ0) is 28.3. The van der Waals surface area contributed by atoms with Crippen molar-refractivity contribution in [2.45, 2.75) is 55.4 Å². The van der Waals surface area contributed by atoms with Crippen LogP contribution in [0.1, 0.15) is 85.9 Å². The Bertz CT molecular complexity index is 1300. The third-order valence-corrected chi connectivity index (χ3v) is 7.33. The fraction of sp³-hybridized carbons (Fsp3) is 0.312. The van der Waals surface area contributed by atoms with E-state index in [0.29, 0.717) is 11.1 Å². The van der Waals surface area contributed by atoms with E-state index in [0.717, 1.165) is 44.5 Å². The van der Waals surface area contributed by atoms with Crippen molar-refractivity contribution in [1.82, 2.24) is 0 Å². The van der Waals surface area contributed by atoms with Gasteiger partial charge in [-0.3, -0.25) is 9.59 Å². The Balaban J connectivity index is 1.74. The van der Waals surface area contributed by atoms with E-state index in [1.807, 2.05) is 67.5 Å². The first-order valence-electron chi connectivity index (χ1n) is 12.5. The van der Waals surface area contributed by atoms with Crippen LogP contribution in [0, 0.1) is 55.4 Å². The Morgan fingerprint density at radius 3 is 1.11 bits per heavy atom. The molecule has 0 aliphatic rings. The Hall–Kier alpha value is -4.06. The highest BCUT2D eigenvalue weighted by Crippen LogP contribution is 2.24. The van der Waals surface area contributed by atoms with Crippen molar-refractivity contribution in [2.24, 2.45) is 0 Å². The Kier molecular flexibility index (Phi) is 8.67. The minimum atomic E-state index is -0.821. The van der Waals surface area contributed by atoms with Crippen LogP contribution >= 0.6 is 0 Å². The van der Waals surface area contributed by atoms with Crippen LogP contribution in [0.5, 0.6) is 0 Å². The molecule has 0 amide bonds. The van der Waals surface area contributed by atoms with Crippen LogP contribution in [0.25, 0.3) is 0 Å². The smallest absolute Gasteiger partial charge is 0.339 e. The van der Waals surface area contributed by atoms with E-state index in [4.69, 9.17) is 9.47 Å². The third kappa shape index (κ3) is 5.75. The van der Waals surface area contributed by atoms with Gasteiger partial charge in [-0.15, -0.1) is 0 Å². The number of hydrogen-bond acceptors (Lipinski definition) is 6. The molecule has 0 spiro atoms. The van der Waals surface area contributed by atoms with E-state index in [-0.39, 0.29) is 22.7 Å². The van der Waals surface area contributed by atoms with Crippen molar-refractivity contribution >= 4 is 23.5 Å². The summed E-state index contributed by atoms with van der Waals surface area (Å²) in [6.07, 6.45) is 0. The first kappa shape index (κ1) is 28.5. The average molecular weight is 515 g/mol. The van der Waals surface area contributed by atoms with Gasteiger partial charge in [0.1, 0.15) is 0 Å². The molecule has 0 saturated heterocycles. The van der Waals surface area contributed by atoms with Gasteiger partial charge in [0, 0.05) is 11.1 Å². The zero-order valence-electron chi connectivity index (χ0n) is 23.3. The van der Waals surface area contributed by atoms with Crippen molar-refractivity contribution in [1.29, 1.82) is 0 Å². The fourth-order valence-electron chi connectivity index (χ4n) is 4.67. The minimum Gasteiger partial charge on any atom is -0.454 e. The SMILES string of the molecule is Cc1cc(C)c(C)c(C(=O)COC(=O)c2ccccc2C(=O)OCC(=O)c2c(C)c(C)cc(C)c2C)c1C. The number of hydrogen-bond donors (Lipinski definition) is 0. The number of esters is 2. The van der Waals surface area contributed by atoms with Crippen molar-refractivity contribution in [3.8, 4) is 0 Å². The highest BCUT2D eigenvalue weighted by molar-refractivity contribution is 6.06. The quantitative estimate of drug-likeness (QED) is 0.261. The minimum absolute atomic E-state index is 0.0367. The molecule has 0 bridgehead atoms. The summed E-state index contributed by atoms with van der Waals surface area (Å²) in [4.78, 5) is 51.7. The average Bonchev–Trinajstić information content (AvgIpc) is 2.88. The lowest BCUT2D eigenvalue weighted by Gasteiger charge is -2.15. The van der Waals surface area contributed by atoms with Crippen LogP contribution in [0.4, 0.5) is 0 Å². The van der Waals surface area contributed by atoms with Crippen LogP contribution in [-0.4, -0.2) is 36.7 Å². The maximum atomic E-state index is 13.0. The summed E-state index contributed by atoms with van der Waals surface area (Å²) in [6, 6.07) is 10.1. The van der Waals surface area contributed by atoms with Gasteiger partial charge in [0.25, 0.3) is 0 Å². The summed E-state index contributed by atoms with van der Waals surface area (Å²) < 4.78 is 10.6. The van der Waals surface area contributed by atoms with Gasteiger partial charge in [0.2, 0.25) is 11.6 Å². The Morgan fingerprint density at radius 1 is 0.526 bits per heavy atom. The topological polar surface area (TPSA) is 86.7 Å². The molecule has 0 radical (unpaired) electrons. The van der Waals surface area contributed by atoms with E-state index in [2.05, 4.69) is 0 Å². The highest BCUT2D eigenvalue weighted by Gasteiger charge is 2.23. The van der Waals surface area contributed by atoms with Gasteiger partial charge >= 0.3 is 11.9 Å². The number of benzene rings is 3. The molecule has 198 valence electrons. The molecule has 6 nitrogen and oxygen atoms in total. The molecule has 0 N–H and O–H groups in total. The van der Waals surface area contributed by atoms with Crippen molar-refractivity contribution in [3.05, 3.63) is 103 Å². The van der Waals surface area contributed by atoms with Gasteiger partial charge in [0.15, 0.2) is 13.2 Å². The first-order valence-corrected chi connectivity index (χ1v) is 12.5. The first-order chi connectivity index (χ1) is 17.8. The summed E-state index contributed by atoms with van der Waals surface area (Å²) >= 11 is 0. The lowest BCUT2D eigenvalue weighted by molar-refractivity contribution is 0.0438. The van der Waals surface area contributed by atoms with Gasteiger partial charge in [-0.2, -0.15) is 0 Å². The lowest BCUT2D eigenvalue weighted by atomic mass is 9.92. The van der Waals surface area contributed by atoms with Gasteiger partial charge < -0.3 is 9.47 Å². The molecule has 0 aromatic heterocycles. The van der Waals surface area contributed by atoms with Crippen LogP contribution < -0.4 is 0 Å². The number of Topliss-reactive ketones (excluding diaryl/α,β-unsaturated/α-hetero) is 2. The maximum absolute atomic E-state index is 13.0. The molecule has 0 unspecified atom stereocenters. The highest BCUT2D eigenvalue weighted by atomic mass is 16.5. The molecular formula is C32H34O6. The summed E-state index contributed by atoms with van der Waals surface area (Å²) in [5.74, 6) is -2.27. The zero-order valence-corrected chi connectivity index (χ0v) is 23.3. The van der Waals surface area contributed by atoms with E-state index >= 15 is 0 Å².